The van der Waals surface area contributed by atoms with E-state index in [4.69, 9.17) is 0 Å². The maximum Gasteiger partial charge on any atom is 0.0955 e. The van der Waals surface area contributed by atoms with Gasteiger partial charge in [0.15, 0.2) is 0 Å². The average molecular weight is 113 g/mol. The zero-order valence-electron chi connectivity index (χ0n) is 5.39. The smallest absolute Gasteiger partial charge is 0.0955 e. The summed E-state index contributed by atoms with van der Waals surface area (Å²) in [5.74, 6) is 0.542. The van der Waals surface area contributed by atoms with E-state index >= 15 is 0 Å². The van der Waals surface area contributed by atoms with Gasteiger partial charge in [-0.05, 0) is 25.2 Å². The minimum Gasteiger partial charge on any atom is -0.233 e. The van der Waals surface area contributed by atoms with Crippen molar-refractivity contribution in [2.24, 2.45) is 5.92 Å². The van der Waals surface area contributed by atoms with Gasteiger partial charge in [0.1, 0.15) is 0 Å². The van der Waals surface area contributed by atoms with Crippen LogP contribution in [0.3, 0.4) is 0 Å². The van der Waals surface area contributed by atoms with Crippen molar-refractivity contribution in [3.8, 4) is 0 Å². The second-order valence-electron chi connectivity index (χ2n) is 2.64. The Morgan fingerprint density at radius 2 is 2.25 bits per heavy atom. The van der Waals surface area contributed by atoms with Crippen LogP contribution in [-0.4, -0.2) is 6.10 Å². The molecule has 47 valence electrons. The molecule has 0 heterocycles. The highest BCUT2D eigenvalue weighted by Gasteiger charge is 2.24. The summed E-state index contributed by atoms with van der Waals surface area (Å²) in [4.78, 5) is 0. The number of rotatable bonds is 2. The van der Waals surface area contributed by atoms with Crippen molar-refractivity contribution in [3.05, 3.63) is 0 Å². The molecule has 1 saturated carbocycles. The summed E-state index contributed by atoms with van der Waals surface area (Å²) in [5, 5.41) is 10.9. The monoisotopic (exact) mass is 113 g/mol. The summed E-state index contributed by atoms with van der Waals surface area (Å²) in [6.07, 6.45) is 4.27. The summed E-state index contributed by atoms with van der Waals surface area (Å²) >= 11 is 0. The summed E-state index contributed by atoms with van der Waals surface area (Å²) in [6.45, 7) is 1.98. The zero-order chi connectivity index (χ0) is 5.98. The maximum absolute atomic E-state index is 10.9. The van der Waals surface area contributed by atoms with Crippen LogP contribution in [0.25, 0.3) is 0 Å². The molecule has 1 nitrogen and oxygen atoms in total. The molecule has 0 aliphatic heterocycles. The fourth-order valence-electron chi connectivity index (χ4n) is 1.14. The Kier molecular flexibility index (Phi) is 1.90. The van der Waals surface area contributed by atoms with Crippen LogP contribution in [0.1, 0.15) is 32.6 Å². The standard InChI is InChI=1S/C7H13O/c1-2-7(8)6-4-3-5-6/h6-7H,2-5H2,1H3. The predicted octanol–water partition coefficient (Wildman–Crippen LogP) is 2.00. The highest BCUT2D eigenvalue weighted by molar-refractivity contribution is 4.75. The SMILES string of the molecule is CCC([O])C1CCC1. The molecule has 1 heteroatoms. The van der Waals surface area contributed by atoms with Crippen molar-refractivity contribution in [2.45, 2.75) is 38.7 Å². The third-order valence-electron chi connectivity index (χ3n) is 2.08. The quantitative estimate of drug-likeness (QED) is 0.522. The molecule has 1 aliphatic rings. The van der Waals surface area contributed by atoms with E-state index < -0.39 is 0 Å². The third-order valence-corrected chi connectivity index (χ3v) is 2.08. The lowest BCUT2D eigenvalue weighted by atomic mass is 9.80. The van der Waals surface area contributed by atoms with Crippen LogP contribution >= 0.6 is 0 Å². The van der Waals surface area contributed by atoms with Gasteiger partial charge in [0.25, 0.3) is 0 Å². The Morgan fingerprint density at radius 3 is 2.38 bits per heavy atom. The molecular formula is C7H13O. The number of hydrogen-bond acceptors (Lipinski definition) is 0. The van der Waals surface area contributed by atoms with Gasteiger partial charge in [-0.15, -0.1) is 0 Å². The van der Waals surface area contributed by atoms with Gasteiger partial charge < -0.3 is 0 Å². The topological polar surface area (TPSA) is 19.9 Å². The van der Waals surface area contributed by atoms with Crippen molar-refractivity contribution in [1.82, 2.24) is 0 Å². The third kappa shape index (κ3) is 1.03. The molecule has 0 N–H and O–H groups in total. The summed E-state index contributed by atoms with van der Waals surface area (Å²) in [7, 11) is 0. The molecule has 0 aromatic heterocycles. The lowest BCUT2D eigenvalue weighted by Gasteiger charge is -2.27. The Morgan fingerprint density at radius 1 is 1.62 bits per heavy atom. The Labute approximate surface area is 50.7 Å². The van der Waals surface area contributed by atoms with Crippen LogP contribution < -0.4 is 0 Å². The zero-order valence-corrected chi connectivity index (χ0v) is 5.39. The van der Waals surface area contributed by atoms with E-state index in [-0.39, 0.29) is 6.10 Å². The first kappa shape index (κ1) is 6.09. The molecule has 0 aromatic rings. The Balaban J connectivity index is 2.13. The summed E-state index contributed by atoms with van der Waals surface area (Å²) in [5.41, 5.74) is 0. The Bertz CT molecular complexity index is 64.0. The van der Waals surface area contributed by atoms with E-state index in [2.05, 4.69) is 0 Å². The minimum absolute atomic E-state index is 0.247. The lowest BCUT2D eigenvalue weighted by molar-refractivity contribution is 0.00196. The van der Waals surface area contributed by atoms with Gasteiger partial charge in [0, 0.05) is 0 Å². The molecule has 1 rings (SSSR count). The van der Waals surface area contributed by atoms with Crippen LogP contribution in [0.15, 0.2) is 0 Å². The van der Waals surface area contributed by atoms with Gasteiger partial charge in [-0.2, -0.15) is 0 Å². The number of hydrogen-bond donors (Lipinski definition) is 0. The minimum atomic E-state index is -0.247. The van der Waals surface area contributed by atoms with Gasteiger partial charge in [0.2, 0.25) is 0 Å². The molecule has 1 atom stereocenters. The molecular weight excluding hydrogens is 100 g/mol. The van der Waals surface area contributed by atoms with Crippen molar-refractivity contribution >= 4 is 0 Å². The molecule has 0 saturated heterocycles. The fraction of sp³-hybridized carbons (Fsp3) is 1.00. The van der Waals surface area contributed by atoms with Crippen molar-refractivity contribution in [1.29, 1.82) is 0 Å². The van der Waals surface area contributed by atoms with E-state index in [9.17, 15) is 5.11 Å². The molecule has 0 aromatic carbocycles. The fourth-order valence-corrected chi connectivity index (χ4v) is 1.14. The van der Waals surface area contributed by atoms with Crippen molar-refractivity contribution < 1.29 is 5.11 Å². The maximum atomic E-state index is 10.9. The second-order valence-corrected chi connectivity index (χ2v) is 2.64. The molecule has 0 spiro atoms. The first-order valence-electron chi connectivity index (χ1n) is 3.50. The van der Waals surface area contributed by atoms with Gasteiger partial charge in [-0.25, -0.2) is 5.11 Å². The molecule has 0 bridgehead atoms. The normalized spacial score (nSPS) is 24.8. The summed E-state index contributed by atoms with van der Waals surface area (Å²) < 4.78 is 0. The van der Waals surface area contributed by atoms with Gasteiger partial charge in [0.05, 0.1) is 6.10 Å². The average Bonchev–Trinajstić information content (AvgIpc) is 1.62. The van der Waals surface area contributed by atoms with Gasteiger partial charge >= 0.3 is 0 Å². The molecule has 1 radical (unpaired) electrons. The predicted molar refractivity (Wildman–Crippen MR) is 32.1 cm³/mol. The molecule has 1 unspecified atom stereocenters. The van der Waals surface area contributed by atoms with Crippen molar-refractivity contribution in [2.75, 3.05) is 0 Å². The molecule has 8 heavy (non-hydrogen) atoms. The molecule has 1 aliphatic carbocycles. The van der Waals surface area contributed by atoms with E-state index in [0.29, 0.717) is 5.92 Å². The highest BCUT2D eigenvalue weighted by Crippen LogP contribution is 2.30. The van der Waals surface area contributed by atoms with Crippen LogP contribution in [0.5, 0.6) is 0 Å². The van der Waals surface area contributed by atoms with Crippen LogP contribution in [0.4, 0.5) is 0 Å². The van der Waals surface area contributed by atoms with Crippen LogP contribution in [-0.2, 0) is 5.11 Å². The van der Waals surface area contributed by atoms with E-state index in [0.717, 1.165) is 6.42 Å². The molecule has 1 fully saturated rings. The van der Waals surface area contributed by atoms with E-state index in [1.54, 1.807) is 0 Å². The van der Waals surface area contributed by atoms with E-state index in [1.807, 2.05) is 6.92 Å². The van der Waals surface area contributed by atoms with Gasteiger partial charge in [-0.1, -0.05) is 13.3 Å². The first-order valence-corrected chi connectivity index (χ1v) is 3.50. The van der Waals surface area contributed by atoms with E-state index in [1.165, 1.54) is 19.3 Å². The van der Waals surface area contributed by atoms with Crippen LogP contribution in [0, 0.1) is 5.92 Å². The van der Waals surface area contributed by atoms with Gasteiger partial charge in [-0.3, -0.25) is 0 Å². The van der Waals surface area contributed by atoms with Crippen LogP contribution in [0.2, 0.25) is 0 Å². The largest absolute Gasteiger partial charge is 0.233 e. The Hall–Kier alpha value is -0.0400. The highest BCUT2D eigenvalue weighted by atomic mass is 16.3. The van der Waals surface area contributed by atoms with Crippen molar-refractivity contribution in [3.63, 3.8) is 0 Å². The first-order chi connectivity index (χ1) is 3.84. The molecule has 0 amide bonds. The lowest BCUT2D eigenvalue weighted by Crippen LogP contribution is -2.24. The second kappa shape index (κ2) is 2.49. The summed E-state index contributed by atoms with van der Waals surface area (Å²) in [6, 6.07) is 0.